The summed E-state index contributed by atoms with van der Waals surface area (Å²) in [6, 6.07) is 11.4. The van der Waals surface area contributed by atoms with E-state index in [9.17, 15) is 14.0 Å². The molecule has 1 atom stereocenters. The van der Waals surface area contributed by atoms with Crippen LogP contribution in [-0.4, -0.2) is 23.1 Å². The highest BCUT2D eigenvalue weighted by Gasteiger charge is 2.48. The second-order valence-electron chi connectivity index (χ2n) is 5.74. The van der Waals surface area contributed by atoms with Gasteiger partial charge in [-0.1, -0.05) is 35.5 Å². The predicted octanol–water partition coefficient (Wildman–Crippen LogP) is 4.34. The Labute approximate surface area is 154 Å². The maximum absolute atomic E-state index is 13.3. The number of thioether (sulfide) groups is 1. The van der Waals surface area contributed by atoms with Crippen LogP contribution in [-0.2, 0) is 9.59 Å². The van der Waals surface area contributed by atoms with Gasteiger partial charge in [-0.25, -0.2) is 4.39 Å². The van der Waals surface area contributed by atoms with Crippen LogP contribution in [0.25, 0.3) is 0 Å². The van der Waals surface area contributed by atoms with Crippen molar-refractivity contribution in [1.29, 1.82) is 0 Å². The first-order valence-electron chi connectivity index (χ1n) is 7.73. The maximum Gasteiger partial charge on any atom is 0.252 e. The van der Waals surface area contributed by atoms with Gasteiger partial charge < -0.3 is 10.2 Å². The largest absolute Gasteiger partial charge is 0.324 e. The molecule has 1 heterocycles. The fourth-order valence-corrected chi connectivity index (χ4v) is 4.07. The Kier molecular flexibility index (Phi) is 4.75. The van der Waals surface area contributed by atoms with Crippen LogP contribution in [0.15, 0.2) is 47.4 Å². The average molecular weight is 379 g/mol. The zero-order chi connectivity index (χ0) is 18.2. The minimum atomic E-state index is -1.33. The fourth-order valence-electron chi connectivity index (χ4n) is 2.68. The van der Waals surface area contributed by atoms with Crippen molar-refractivity contribution < 1.29 is 14.0 Å². The van der Waals surface area contributed by atoms with Gasteiger partial charge in [-0.05, 0) is 44.2 Å². The highest BCUT2D eigenvalue weighted by Crippen LogP contribution is 2.45. The van der Waals surface area contributed by atoms with E-state index in [-0.39, 0.29) is 10.9 Å². The molecule has 1 aliphatic heterocycles. The van der Waals surface area contributed by atoms with Crippen molar-refractivity contribution in [3.05, 3.63) is 53.3 Å². The van der Waals surface area contributed by atoms with Gasteiger partial charge in [0.1, 0.15) is 5.82 Å². The number of carbonyl (C=O) groups excluding carboxylic acids is 2. The monoisotopic (exact) mass is 378 g/mol. The van der Waals surface area contributed by atoms with Crippen LogP contribution in [0.2, 0.25) is 5.02 Å². The molecule has 0 bridgehead atoms. The van der Waals surface area contributed by atoms with E-state index in [1.54, 1.807) is 11.8 Å². The summed E-state index contributed by atoms with van der Waals surface area (Å²) in [5, 5.41) is 2.58. The summed E-state index contributed by atoms with van der Waals surface area (Å²) in [5.74, 6) is -1.33. The number of rotatable bonds is 3. The summed E-state index contributed by atoms with van der Waals surface area (Å²) in [6.07, 6.45) is 0. The minimum Gasteiger partial charge on any atom is -0.324 e. The summed E-state index contributed by atoms with van der Waals surface area (Å²) in [6.45, 7) is 3.92. The van der Waals surface area contributed by atoms with Crippen LogP contribution in [0, 0.1) is 5.82 Å². The molecule has 7 heteroatoms. The first-order chi connectivity index (χ1) is 11.9. The number of hydrogen-bond acceptors (Lipinski definition) is 3. The van der Waals surface area contributed by atoms with E-state index in [2.05, 4.69) is 5.32 Å². The summed E-state index contributed by atoms with van der Waals surface area (Å²) in [4.78, 5) is 28.3. The zero-order valence-corrected chi connectivity index (χ0v) is 15.2. The summed E-state index contributed by atoms with van der Waals surface area (Å²) in [7, 11) is 0. The number of halogens is 2. The lowest BCUT2D eigenvalue weighted by atomic mass is 10.1. The molecule has 0 spiro atoms. The SMILES string of the molecule is CCN1C(=O)C(C)(C(=O)Nc2ccc(F)c(Cl)c2)Sc2ccccc21. The standard InChI is InChI=1S/C18H16ClFN2O2S/c1-3-22-14-6-4-5-7-15(14)25-18(2,17(22)24)16(23)21-11-8-9-13(20)12(19)10-11/h4-10H,3H2,1-2H3,(H,21,23). The molecule has 25 heavy (non-hydrogen) atoms. The molecule has 1 N–H and O–H groups in total. The molecule has 0 saturated carbocycles. The molecule has 2 aromatic carbocycles. The van der Waals surface area contributed by atoms with Gasteiger partial charge in [-0.3, -0.25) is 9.59 Å². The van der Waals surface area contributed by atoms with Crippen molar-refractivity contribution >= 4 is 46.6 Å². The second kappa shape index (κ2) is 6.69. The quantitative estimate of drug-likeness (QED) is 0.808. The topological polar surface area (TPSA) is 49.4 Å². The van der Waals surface area contributed by atoms with Crippen LogP contribution in [0.1, 0.15) is 13.8 Å². The summed E-state index contributed by atoms with van der Waals surface area (Å²) >= 11 is 6.96. The number of hydrogen-bond donors (Lipinski definition) is 1. The van der Waals surface area contributed by atoms with E-state index in [0.717, 1.165) is 10.6 Å². The first-order valence-corrected chi connectivity index (χ1v) is 8.92. The minimum absolute atomic E-state index is 0.0916. The molecule has 1 unspecified atom stereocenters. The fraction of sp³-hybridized carbons (Fsp3) is 0.222. The zero-order valence-electron chi connectivity index (χ0n) is 13.7. The van der Waals surface area contributed by atoms with E-state index in [0.29, 0.717) is 12.2 Å². The van der Waals surface area contributed by atoms with Crippen LogP contribution in [0.4, 0.5) is 15.8 Å². The van der Waals surface area contributed by atoms with E-state index < -0.39 is 16.5 Å². The van der Waals surface area contributed by atoms with Crippen molar-refractivity contribution in [2.75, 3.05) is 16.8 Å². The highest BCUT2D eigenvalue weighted by molar-refractivity contribution is 8.02. The van der Waals surface area contributed by atoms with E-state index >= 15 is 0 Å². The van der Waals surface area contributed by atoms with Gasteiger partial charge in [0.25, 0.3) is 5.91 Å². The van der Waals surface area contributed by atoms with E-state index in [1.165, 1.54) is 30.0 Å². The number of nitrogens with one attached hydrogen (secondary N) is 1. The van der Waals surface area contributed by atoms with Crippen molar-refractivity contribution in [3.8, 4) is 0 Å². The van der Waals surface area contributed by atoms with Crippen LogP contribution in [0.3, 0.4) is 0 Å². The van der Waals surface area contributed by atoms with Crippen molar-refractivity contribution in [2.24, 2.45) is 0 Å². The third-order valence-corrected chi connectivity index (χ3v) is 5.67. The Morgan fingerprint density at radius 1 is 1.32 bits per heavy atom. The molecular weight excluding hydrogens is 363 g/mol. The Hall–Kier alpha value is -2.05. The third kappa shape index (κ3) is 3.12. The molecule has 2 aromatic rings. The average Bonchev–Trinajstić information content (AvgIpc) is 2.59. The van der Waals surface area contributed by atoms with Gasteiger partial charge >= 0.3 is 0 Å². The molecule has 1 aliphatic rings. The van der Waals surface area contributed by atoms with E-state index in [4.69, 9.17) is 11.6 Å². The van der Waals surface area contributed by atoms with Crippen molar-refractivity contribution in [3.63, 3.8) is 0 Å². The molecule has 2 amide bonds. The van der Waals surface area contributed by atoms with Crippen LogP contribution >= 0.6 is 23.4 Å². The lowest BCUT2D eigenvalue weighted by Crippen LogP contribution is -2.54. The van der Waals surface area contributed by atoms with Gasteiger partial charge in [0.15, 0.2) is 4.75 Å². The lowest BCUT2D eigenvalue weighted by molar-refractivity contribution is -0.128. The highest BCUT2D eigenvalue weighted by atomic mass is 35.5. The number of para-hydroxylation sites is 1. The molecule has 3 rings (SSSR count). The van der Waals surface area contributed by atoms with Gasteiger partial charge in [0.2, 0.25) is 5.91 Å². The van der Waals surface area contributed by atoms with Crippen LogP contribution < -0.4 is 10.2 Å². The summed E-state index contributed by atoms with van der Waals surface area (Å²) in [5.41, 5.74) is 1.14. The molecule has 0 saturated heterocycles. The number of fused-ring (bicyclic) bond motifs is 1. The maximum atomic E-state index is 13.3. The number of amides is 2. The van der Waals surface area contributed by atoms with Crippen LogP contribution in [0.5, 0.6) is 0 Å². The second-order valence-corrected chi connectivity index (χ2v) is 7.60. The van der Waals surface area contributed by atoms with Gasteiger partial charge in [0, 0.05) is 17.1 Å². The first kappa shape index (κ1) is 17.8. The molecule has 130 valence electrons. The number of anilines is 2. The normalized spacial score (nSPS) is 19.5. The lowest BCUT2D eigenvalue weighted by Gasteiger charge is -2.38. The molecule has 0 aliphatic carbocycles. The third-order valence-electron chi connectivity index (χ3n) is 4.05. The number of nitrogens with zero attached hydrogens (tertiary/aromatic N) is 1. The Balaban J connectivity index is 1.93. The van der Waals surface area contributed by atoms with E-state index in [1.807, 2.05) is 31.2 Å². The van der Waals surface area contributed by atoms with Crippen molar-refractivity contribution in [1.82, 2.24) is 0 Å². The number of benzene rings is 2. The molecule has 4 nitrogen and oxygen atoms in total. The number of carbonyl (C=O) groups is 2. The Morgan fingerprint density at radius 2 is 2.04 bits per heavy atom. The predicted molar refractivity (Wildman–Crippen MR) is 98.8 cm³/mol. The Bertz CT molecular complexity index is 861. The molecular formula is C18H16ClFN2O2S. The molecule has 0 radical (unpaired) electrons. The van der Waals surface area contributed by atoms with Gasteiger partial charge in [0.05, 0.1) is 10.7 Å². The smallest absolute Gasteiger partial charge is 0.252 e. The molecule has 0 aromatic heterocycles. The molecule has 0 fully saturated rings. The Morgan fingerprint density at radius 3 is 2.72 bits per heavy atom. The summed E-state index contributed by atoms with van der Waals surface area (Å²) < 4.78 is 12.0. The van der Waals surface area contributed by atoms with Gasteiger partial charge in [-0.15, -0.1) is 0 Å². The van der Waals surface area contributed by atoms with Crippen molar-refractivity contribution in [2.45, 2.75) is 23.5 Å². The van der Waals surface area contributed by atoms with Gasteiger partial charge in [-0.2, -0.15) is 0 Å².